The first-order chi connectivity index (χ1) is 10.6. The number of fused-ring (bicyclic) bond motifs is 1. The highest BCUT2D eigenvalue weighted by atomic mass is 35.5. The molecule has 0 radical (unpaired) electrons. The summed E-state index contributed by atoms with van der Waals surface area (Å²) in [5.74, 6) is -0.890. The van der Waals surface area contributed by atoms with E-state index < -0.39 is 11.2 Å². The van der Waals surface area contributed by atoms with Crippen molar-refractivity contribution in [3.8, 4) is 5.69 Å². The summed E-state index contributed by atoms with van der Waals surface area (Å²) in [6.07, 6.45) is 3.04. The van der Waals surface area contributed by atoms with Crippen LogP contribution in [0.5, 0.6) is 0 Å². The molecule has 1 unspecified atom stereocenters. The lowest BCUT2D eigenvalue weighted by molar-refractivity contribution is -0.136. The van der Waals surface area contributed by atoms with Gasteiger partial charge < -0.3 is 5.11 Å². The molecule has 0 saturated carbocycles. The quantitative estimate of drug-likeness (QED) is 0.583. The van der Waals surface area contributed by atoms with Gasteiger partial charge in [-0.2, -0.15) is 5.10 Å². The molecule has 2 heterocycles. The molecule has 112 valence electrons. The zero-order chi connectivity index (χ0) is 15.7. The van der Waals surface area contributed by atoms with E-state index in [1.165, 1.54) is 6.33 Å². The zero-order valence-corrected chi connectivity index (χ0v) is 13.0. The molecule has 3 aromatic rings. The summed E-state index contributed by atoms with van der Waals surface area (Å²) in [4.78, 5) is 19.4. The van der Waals surface area contributed by atoms with Crippen molar-refractivity contribution >= 4 is 40.4 Å². The minimum Gasteiger partial charge on any atom is -0.480 e. The Hall–Kier alpha value is -2.12. The molecule has 1 N–H and O–H groups in total. The molecule has 0 aliphatic rings. The lowest BCUT2D eigenvalue weighted by Crippen LogP contribution is -2.11. The minimum atomic E-state index is -0.890. The van der Waals surface area contributed by atoms with Crippen LogP contribution in [0.25, 0.3) is 16.7 Å². The first-order valence-electron chi connectivity index (χ1n) is 6.40. The summed E-state index contributed by atoms with van der Waals surface area (Å²) in [6, 6.07) is 7.26. The molecule has 1 atom stereocenters. The van der Waals surface area contributed by atoms with E-state index >= 15 is 0 Å². The van der Waals surface area contributed by atoms with E-state index in [9.17, 15) is 4.79 Å². The number of aromatic nitrogens is 4. The summed E-state index contributed by atoms with van der Waals surface area (Å²) >= 11 is 7.17. The van der Waals surface area contributed by atoms with E-state index in [0.29, 0.717) is 21.1 Å². The van der Waals surface area contributed by atoms with Crippen LogP contribution in [0.2, 0.25) is 5.02 Å². The fourth-order valence-corrected chi connectivity index (χ4v) is 2.93. The van der Waals surface area contributed by atoms with Crippen LogP contribution in [0, 0.1) is 0 Å². The predicted molar refractivity (Wildman–Crippen MR) is 84.6 cm³/mol. The van der Waals surface area contributed by atoms with Gasteiger partial charge in [0.2, 0.25) is 0 Å². The fraction of sp³-hybridized carbons (Fsp3) is 0.143. The average molecular weight is 335 g/mol. The van der Waals surface area contributed by atoms with Gasteiger partial charge in [0.15, 0.2) is 5.65 Å². The molecule has 3 rings (SSSR count). The normalized spacial score (nSPS) is 12.5. The lowest BCUT2D eigenvalue weighted by Gasteiger charge is -2.06. The SMILES string of the molecule is CC(Sc1ncnc2c1cnn2-c1cccc(Cl)c1)C(=O)O. The standard InChI is InChI=1S/C14H11ClN4O2S/c1-8(14(20)21)22-13-11-6-18-19(12(11)16-7-17-13)10-4-2-3-9(15)5-10/h2-8H,1H3,(H,20,21). The first kappa shape index (κ1) is 14.8. The summed E-state index contributed by atoms with van der Waals surface area (Å²) in [5.41, 5.74) is 1.39. The zero-order valence-electron chi connectivity index (χ0n) is 11.5. The van der Waals surface area contributed by atoms with Gasteiger partial charge in [-0.1, -0.05) is 29.4 Å². The molecule has 8 heteroatoms. The number of hydrogen-bond acceptors (Lipinski definition) is 5. The first-order valence-corrected chi connectivity index (χ1v) is 7.66. The number of benzene rings is 1. The Kier molecular flexibility index (Phi) is 4.00. The van der Waals surface area contributed by atoms with E-state index in [1.54, 1.807) is 29.9 Å². The van der Waals surface area contributed by atoms with E-state index in [4.69, 9.17) is 16.7 Å². The average Bonchev–Trinajstić information content (AvgIpc) is 2.92. The maximum absolute atomic E-state index is 11.0. The summed E-state index contributed by atoms with van der Waals surface area (Å²) in [6.45, 7) is 1.61. The van der Waals surface area contributed by atoms with Crippen LogP contribution in [0.15, 0.2) is 41.8 Å². The van der Waals surface area contributed by atoms with Crippen LogP contribution in [-0.4, -0.2) is 36.1 Å². The molecule has 0 aliphatic heterocycles. The maximum Gasteiger partial charge on any atom is 0.316 e. The van der Waals surface area contributed by atoms with Gasteiger partial charge in [0.25, 0.3) is 0 Å². The Labute approximate surface area is 135 Å². The van der Waals surface area contributed by atoms with Crippen LogP contribution in [0.3, 0.4) is 0 Å². The Morgan fingerprint density at radius 1 is 1.41 bits per heavy atom. The number of thioether (sulfide) groups is 1. The molecule has 0 saturated heterocycles. The van der Waals surface area contributed by atoms with Gasteiger partial charge in [0, 0.05) is 5.02 Å². The topological polar surface area (TPSA) is 80.9 Å². The van der Waals surface area contributed by atoms with Crippen molar-refractivity contribution in [3.05, 3.63) is 41.8 Å². The van der Waals surface area contributed by atoms with E-state index in [-0.39, 0.29) is 0 Å². The molecule has 1 aromatic carbocycles. The smallest absolute Gasteiger partial charge is 0.316 e. The number of hydrogen-bond donors (Lipinski definition) is 1. The van der Waals surface area contributed by atoms with Crippen LogP contribution >= 0.6 is 23.4 Å². The van der Waals surface area contributed by atoms with E-state index in [0.717, 1.165) is 17.4 Å². The Balaban J connectivity index is 2.07. The monoisotopic (exact) mass is 334 g/mol. The molecule has 22 heavy (non-hydrogen) atoms. The summed E-state index contributed by atoms with van der Waals surface area (Å²) in [7, 11) is 0. The number of nitrogens with zero attached hydrogens (tertiary/aromatic N) is 4. The largest absolute Gasteiger partial charge is 0.480 e. The molecule has 0 aliphatic carbocycles. The van der Waals surface area contributed by atoms with Gasteiger partial charge in [-0.25, -0.2) is 14.6 Å². The molecule has 0 amide bonds. The Morgan fingerprint density at radius 2 is 2.23 bits per heavy atom. The second-order valence-electron chi connectivity index (χ2n) is 4.55. The Bertz CT molecular complexity index is 852. The molecule has 6 nitrogen and oxygen atoms in total. The molecular formula is C14H11ClN4O2S. The van der Waals surface area contributed by atoms with Gasteiger partial charge in [-0.05, 0) is 25.1 Å². The maximum atomic E-state index is 11.0. The van der Waals surface area contributed by atoms with Crippen molar-refractivity contribution in [1.82, 2.24) is 19.7 Å². The highest BCUT2D eigenvalue weighted by molar-refractivity contribution is 8.00. The highest BCUT2D eigenvalue weighted by Gasteiger charge is 2.17. The van der Waals surface area contributed by atoms with Crippen molar-refractivity contribution in [2.45, 2.75) is 17.2 Å². The summed E-state index contributed by atoms with van der Waals surface area (Å²) in [5, 5.41) is 14.6. The van der Waals surface area contributed by atoms with E-state index in [2.05, 4.69) is 15.1 Å². The van der Waals surface area contributed by atoms with Crippen molar-refractivity contribution in [1.29, 1.82) is 0 Å². The van der Waals surface area contributed by atoms with E-state index in [1.807, 2.05) is 12.1 Å². The van der Waals surface area contributed by atoms with Gasteiger partial charge in [0.05, 0.1) is 17.3 Å². The molecule has 0 bridgehead atoms. The number of halogens is 1. The van der Waals surface area contributed by atoms with Crippen molar-refractivity contribution in [2.24, 2.45) is 0 Å². The predicted octanol–water partition coefficient (Wildman–Crippen LogP) is 3.03. The van der Waals surface area contributed by atoms with Gasteiger partial charge >= 0.3 is 5.97 Å². The van der Waals surface area contributed by atoms with Gasteiger partial charge in [-0.15, -0.1) is 0 Å². The highest BCUT2D eigenvalue weighted by Crippen LogP contribution is 2.29. The van der Waals surface area contributed by atoms with Crippen LogP contribution in [0.1, 0.15) is 6.92 Å². The molecule has 0 fully saturated rings. The van der Waals surface area contributed by atoms with Crippen LogP contribution < -0.4 is 0 Å². The van der Waals surface area contributed by atoms with Gasteiger partial charge in [0.1, 0.15) is 16.6 Å². The second-order valence-corrected chi connectivity index (χ2v) is 6.32. The molecular weight excluding hydrogens is 324 g/mol. The van der Waals surface area contributed by atoms with Gasteiger partial charge in [-0.3, -0.25) is 4.79 Å². The number of carbonyl (C=O) groups is 1. The third-order valence-electron chi connectivity index (χ3n) is 3.02. The lowest BCUT2D eigenvalue weighted by atomic mass is 10.3. The number of carboxylic acid groups (broad SMARTS) is 1. The molecule has 2 aromatic heterocycles. The minimum absolute atomic E-state index is 0.591. The Morgan fingerprint density at radius 3 is 2.95 bits per heavy atom. The summed E-state index contributed by atoms with van der Waals surface area (Å²) < 4.78 is 1.65. The van der Waals surface area contributed by atoms with Crippen LogP contribution in [-0.2, 0) is 4.79 Å². The number of carboxylic acids is 1. The molecule has 0 spiro atoms. The van der Waals surface area contributed by atoms with Crippen molar-refractivity contribution in [2.75, 3.05) is 0 Å². The van der Waals surface area contributed by atoms with Crippen molar-refractivity contribution < 1.29 is 9.90 Å². The third kappa shape index (κ3) is 2.77. The second kappa shape index (κ2) is 5.94. The number of rotatable bonds is 4. The third-order valence-corrected chi connectivity index (χ3v) is 4.36. The number of aliphatic carboxylic acids is 1. The van der Waals surface area contributed by atoms with Crippen LogP contribution in [0.4, 0.5) is 0 Å². The van der Waals surface area contributed by atoms with Crippen molar-refractivity contribution in [3.63, 3.8) is 0 Å². The fourth-order valence-electron chi connectivity index (χ4n) is 1.93.